The van der Waals surface area contributed by atoms with Crippen molar-refractivity contribution in [1.82, 2.24) is 14.5 Å². The first-order valence-electron chi connectivity index (χ1n) is 6.72. The summed E-state index contributed by atoms with van der Waals surface area (Å²) in [6.07, 6.45) is 0. The first kappa shape index (κ1) is 15.9. The summed E-state index contributed by atoms with van der Waals surface area (Å²) in [4.78, 5) is 3.25. The molecule has 0 spiro atoms. The summed E-state index contributed by atoms with van der Waals surface area (Å²) in [5.41, 5.74) is -0.129. The molecular formula is C13H23N3O2S2. The lowest BCUT2D eigenvalue weighted by Crippen LogP contribution is -2.58. The van der Waals surface area contributed by atoms with Crippen molar-refractivity contribution in [2.24, 2.45) is 0 Å². The number of nitrogens with zero attached hydrogens (tertiary/aromatic N) is 2. The predicted octanol–water partition coefficient (Wildman–Crippen LogP) is 1.18. The van der Waals surface area contributed by atoms with Crippen molar-refractivity contribution in [3.63, 3.8) is 0 Å². The molecule has 0 aromatic carbocycles. The van der Waals surface area contributed by atoms with Crippen LogP contribution in [0.25, 0.3) is 0 Å². The van der Waals surface area contributed by atoms with Crippen molar-refractivity contribution in [3.05, 3.63) is 17.0 Å². The highest BCUT2D eigenvalue weighted by atomic mass is 32.2. The second kappa shape index (κ2) is 5.73. The Hall–Kier alpha value is -0.470. The average molecular weight is 317 g/mol. The second-order valence-corrected chi connectivity index (χ2v) is 9.16. The van der Waals surface area contributed by atoms with Gasteiger partial charge in [-0.1, -0.05) is 0 Å². The van der Waals surface area contributed by atoms with Crippen LogP contribution in [0.4, 0.5) is 0 Å². The van der Waals surface area contributed by atoms with E-state index in [0.717, 1.165) is 11.4 Å². The van der Waals surface area contributed by atoms with Crippen LogP contribution in [0, 0.1) is 0 Å². The van der Waals surface area contributed by atoms with E-state index in [-0.39, 0.29) is 5.54 Å². The van der Waals surface area contributed by atoms with E-state index in [0.29, 0.717) is 23.8 Å². The van der Waals surface area contributed by atoms with Gasteiger partial charge in [-0.25, -0.2) is 8.42 Å². The fourth-order valence-electron chi connectivity index (χ4n) is 2.29. The maximum Gasteiger partial charge on any atom is 0.252 e. The first-order valence-corrected chi connectivity index (χ1v) is 8.98. The number of thiophene rings is 1. The second-order valence-electron chi connectivity index (χ2n) is 5.82. The number of piperazine rings is 1. The van der Waals surface area contributed by atoms with Crippen LogP contribution >= 0.6 is 11.3 Å². The quantitative estimate of drug-likeness (QED) is 0.906. The van der Waals surface area contributed by atoms with Crippen LogP contribution < -0.4 is 5.32 Å². The van der Waals surface area contributed by atoms with Crippen LogP contribution in [0.2, 0.25) is 0 Å². The van der Waals surface area contributed by atoms with Crippen LogP contribution in [0.15, 0.2) is 16.3 Å². The summed E-state index contributed by atoms with van der Waals surface area (Å²) in [5, 5.41) is 3.04. The number of nitrogens with one attached hydrogen (secondary N) is 1. The van der Waals surface area contributed by atoms with E-state index in [1.807, 2.05) is 20.2 Å². The average Bonchev–Trinajstić information content (AvgIpc) is 2.82. The molecule has 1 aliphatic rings. The molecule has 1 N–H and O–H groups in total. The molecule has 0 radical (unpaired) electrons. The van der Waals surface area contributed by atoms with Gasteiger partial charge < -0.3 is 5.32 Å². The van der Waals surface area contributed by atoms with Crippen molar-refractivity contribution in [1.29, 1.82) is 0 Å². The summed E-state index contributed by atoms with van der Waals surface area (Å²) in [7, 11) is 0.543. The molecule has 20 heavy (non-hydrogen) atoms. The van der Waals surface area contributed by atoms with Gasteiger partial charge in [0.25, 0.3) is 10.0 Å². The molecular weight excluding hydrogens is 294 g/mol. The van der Waals surface area contributed by atoms with Crippen molar-refractivity contribution in [2.45, 2.75) is 30.1 Å². The lowest BCUT2D eigenvalue weighted by molar-refractivity contribution is 0.0802. The van der Waals surface area contributed by atoms with E-state index in [2.05, 4.69) is 24.1 Å². The van der Waals surface area contributed by atoms with Crippen molar-refractivity contribution >= 4 is 21.4 Å². The Morgan fingerprint density at radius 2 is 2.05 bits per heavy atom. The maximum atomic E-state index is 12.7. The summed E-state index contributed by atoms with van der Waals surface area (Å²) in [6, 6.07) is 3.60. The highest BCUT2D eigenvalue weighted by molar-refractivity contribution is 7.91. The summed E-state index contributed by atoms with van der Waals surface area (Å²) in [6.45, 7) is 6.72. The topological polar surface area (TPSA) is 52.7 Å². The third-order valence-electron chi connectivity index (χ3n) is 3.86. The molecule has 0 saturated carbocycles. The van der Waals surface area contributed by atoms with E-state index >= 15 is 0 Å². The van der Waals surface area contributed by atoms with Gasteiger partial charge in [0.05, 0.1) is 0 Å². The van der Waals surface area contributed by atoms with Gasteiger partial charge in [0.1, 0.15) is 4.21 Å². The van der Waals surface area contributed by atoms with Gasteiger partial charge in [-0.15, -0.1) is 11.3 Å². The van der Waals surface area contributed by atoms with E-state index in [1.54, 1.807) is 10.4 Å². The normalized spacial score (nSPS) is 21.2. The van der Waals surface area contributed by atoms with Gasteiger partial charge in [-0.05, 0) is 40.1 Å². The fourth-order valence-corrected chi connectivity index (χ4v) is 5.40. The molecule has 0 amide bonds. The first-order chi connectivity index (χ1) is 9.27. The minimum atomic E-state index is -3.36. The van der Waals surface area contributed by atoms with E-state index in [4.69, 9.17) is 0 Å². The van der Waals surface area contributed by atoms with Crippen LogP contribution in [-0.4, -0.2) is 56.9 Å². The van der Waals surface area contributed by atoms with Crippen molar-refractivity contribution in [3.8, 4) is 0 Å². The highest BCUT2D eigenvalue weighted by Crippen LogP contribution is 2.28. The number of likely N-dealkylation sites (N-methyl/N-ethyl adjacent to an activating group) is 1. The summed E-state index contributed by atoms with van der Waals surface area (Å²) >= 11 is 1.35. The number of hydrogen-bond acceptors (Lipinski definition) is 5. The molecule has 1 aliphatic heterocycles. The molecule has 1 saturated heterocycles. The van der Waals surface area contributed by atoms with Crippen molar-refractivity contribution in [2.75, 3.05) is 33.7 Å². The standard InChI is InChI=1S/C13H23N3O2S2/c1-13(2)10-16(8-7-15(13)4)20(17,18)12-6-5-11(19-12)9-14-3/h5-6,14H,7-10H2,1-4H3. The summed E-state index contributed by atoms with van der Waals surface area (Å²) < 4.78 is 27.5. The number of sulfonamides is 1. The van der Waals surface area contributed by atoms with Crippen LogP contribution in [0.3, 0.4) is 0 Å². The smallest absolute Gasteiger partial charge is 0.252 e. The van der Waals surface area contributed by atoms with Gasteiger partial charge in [0, 0.05) is 36.6 Å². The zero-order valence-corrected chi connectivity index (χ0v) is 14.1. The van der Waals surface area contributed by atoms with E-state index in [9.17, 15) is 8.42 Å². The van der Waals surface area contributed by atoms with Crippen LogP contribution in [0.5, 0.6) is 0 Å². The van der Waals surface area contributed by atoms with E-state index in [1.165, 1.54) is 11.3 Å². The van der Waals surface area contributed by atoms with E-state index < -0.39 is 10.0 Å². The SMILES string of the molecule is CNCc1ccc(S(=O)(=O)N2CCN(C)C(C)(C)C2)s1. The molecule has 2 heterocycles. The Labute approximate surface area is 125 Å². The lowest BCUT2D eigenvalue weighted by atomic mass is 10.0. The zero-order valence-electron chi connectivity index (χ0n) is 12.5. The Morgan fingerprint density at radius 1 is 1.35 bits per heavy atom. The van der Waals surface area contributed by atoms with Gasteiger partial charge in [-0.2, -0.15) is 4.31 Å². The van der Waals surface area contributed by atoms with Crippen LogP contribution in [-0.2, 0) is 16.6 Å². The monoisotopic (exact) mass is 317 g/mol. The Morgan fingerprint density at radius 3 is 2.65 bits per heavy atom. The van der Waals surface area contributed by atoms with Gasteiger partial charge >= 0.3 is 0 Å². The molecule has 0 atom stereocenters. The number of hydrogen-bond donors (Lipinski definition) is 1. The molecule has 2 rings (SSSR count). The lowest BCUT2D eigenvalue weighted by Gasteiger charge is -2.44. The van der Waals surface area contributed by atoms with Gasteiger partial charge in [-0.3, -0.25) is 4.90 Å². The molecule has 0 unspecified atom stereocenters. The van der Waals surface area contributed by atoms with Gasteiger partial charge in [0.15, 0.2) is 0 Å². The van der Waals surface area contributed by atoms with Gasteiger partial charge in [0.2, 0.25) is 0 Å². The molecule has 0 bridgehead atoms. The number of rotatable bonds is 4. The Bertz CT molecular complexity index is 566. The maximum absolute atomic E-state index is 12.7. The predicted molar refractivity (Wildman–Crippen MR) is 82.6 cm³/mol. The van der Waals surface area contributed by atoms with Crippen molar-refractivity contribution < 1.29 is 8.42 Å². The zero-order chi connectivity index (χ0) is 15.0. The third-order valence-corrected chi connectivity index (χ3v) is 7.26. The third kappa shape index (κ3) is 3.07. The fraction of sp³-hybridized carbons (Fsp3) is 0.692. The minimum absolute atomic E-state index is 0.129. The summed E-state index contributed by atoms with van der Waals surface area (Å²) in [5.74, 6) is 0. The molecule has 1 fully saturated rings. The molecule has 7 heteroatoms. The van der Waals surface area contributed by atoms with Crippen LogP contribution in [0.1, 0.15) is 18.7 Å². The molecule has 0 aliphatic carbocycles. The molecule has 5 nitrogen and oxygen atoms in total. The largest absolute Gasteiger partial charge is 0.315 e. The Balaban J connectivity index is 2.21. The highest BCUT2D eigenvalue weighted by Gasteiger charge is 2.37. The molecule has 1 aromatic rings. The molecule has 1 aromatic heterocycles. The minimum Gasteiger partial charge on any atom is -0.315 e. The Kier molecular flexibility index (Phi) is 4.56. The molecule has 114 valence electrons.